The minimum Gasteiger partial charge on any atom is -0.392 e. The first kappa shape index (κ1) is 14.1. The molecule has 19 heavy (non-hydrogen) atoms. The Bertz CT molecular complexity index is 568. The van der Waals surface area contributed by atoms with Gasteiger partial charge in [0.1, 0.15) is 0 Å². The summed E-state index contributed by atoms with van der Waals surface area (Å²) >= 11 is 3.50. The Labute approximate surface area is 122 Å². The molecule has 0 atom stereocenters. The van der Waals surface area contributed by atoms with E-state index in [0.717, 1.165) is 28.0 Å². The third-order valence-electron chi connectivity index (χ3n) is 3.14. The number of hydrogen-bond donors (Lipinski definition) is 1. The molecular weight excluding hydrogens is 302 g/mol. The van der Waals surface area contributed by atoms with Crippen LogP contribution in [-0.2, 0) is 6.61 Å². The van der Waals surface area contributed by atoms with Gasteiger partial charge in [-0.25, -0.2) is 0 Å². The third kappa shape index (κ3) is 3.17. The van der Waals surface area contributed by atoms with Crippen LogP contribution in [0, 0.1) is 6.92 Å². The lowest BCUT2D eigenvalue weighted by Gasteiger charge is -2.26. The Morgan fingerprint density at radius 1 is 1.16 bits per heavy atom. The van der Waals surface area contributed by atoms with Crippen LogP contribution in [0.25, 0.3) is 0 Å². The summed E-state index contributed by atoms with van der Waals surface area (Å²) in [5.41, 5.74) is 4.36. The van der Waals surface area contributed by atoms with Crippen molar-refractivity contribution in [3.8, 4) is 0 Å². The van der Waals surface area contributed by atoms with E-state index in [1.807, 2.05) is 12.1 Å². The molecule has 0 aromatic heterocycles. The summed E-state index contributed by atoms with van der Waals surface area (Å²) in [4.78, 5) is 2.21. The van der Waals surface area contributed by atoms with Crippen LogP contribution in [-0.4, -0.2) is 11.7 Å². The van der Waals surface area contributed by atoms with E-state index in [1.54, 1.807) is 0 Å². The van der Waals surface area contributed by atoms with Crippen LogP contribution in [0.4, 0.5) is 11.4 Å². The van der Waals surface area contributed by atoms with Crippen molar-refractivity contribution in [2.45, 2.75) is 20.5 Å². The van der Waals surface area contributed by atoms with Gasteiger partial charge in [-0.2, -0.15) is 0 Å². The minimum atomic E-state index is 0.0466. The lowest BCUT2D eigenvalue weighted by Crippen LogP contribution is -2.17. The minimum absolute atomic E-state index is 0.0466. The summed E-state index contributed by atoms with van der Waals surface area (Å²) in [6.45, 7) is 5.10. The summed E-state index contributed by atoms with van der Waals surface area (Å²) in [5, 5.41) is 9.51. The van der Waals surface area contributed by atoms with Crippen LogP contribution in [0.15, 0.2) is 46.9 Å². The van der Waals surface area contributed by atoms with Gasteiger partial charge < -0.3 is 10.0 Å². The van der Waals surface area contributed by atoms with E-state index in [9.17, 15) is 5.11 Å². The van der Waals surface area contributed by atoms with Crippen molar-refractivity contribution in [1.82, 2.24) is 0 Å². The summed E-state index contributed by atoms with van der Waals surface area (Å²) in [7, 11) is 0. The van der Waals surface area contributed by atoms with Crippen LogP contribution in [0.3, 0.4) is 0 Å². The molecule has 100 valence electrons. The Hall–Kier alpha value is -1.32. The van der Waals surface area contributed by atoms with E-state index < -0.39 is 0 Å². The number of hydrogen-bond acceptors (Lipinski definition) is 2. The number of halogens is 1. The fourth-order valence-electron chi connectivity index (χ4n) is 2.21. The van der Waals surface area contributed by atoms with Crippen molar-refractivity contribution in [3.05, 3.63) is 58.1 Å². The van der Waals surface area contributed by atoms with Gasteiger partial charge in [0.25, 0.3) is 0 Å². The van der Waals surface area contributed by atoms with Gasteiger partial charge in [0, 0.05) is 28.0 Å². The maximum absolute atomic E-state index is 9.51. The van der Waals surface area contributed by atoms with E-state index in [-0.39, 0.29) is 6.61 Å². The number of aliphatic hydroxyl groups is 1. The zero-order chi connectivity index (χ0) is 13.8. The number of aliphatic hydroxyl groups excluding tert-OH is 1. The molecule has 0 aliphatic carbocycles. The number of rotatable bonds is 4. The second-order valence-corrected chi connectivity index (χ2v) is 5.43. The topological polar surface area (TPSA) is 23.5 Å². The summed E-state index contributed by atoms with van der Waals surface area (Å²) in [5.74, 6) is 0. The molecule has 0 amide bonds. The number of aryl methyl sites for hydroxylation is 1. The molecular formula is C16H18BrNO. The predicted molar refractivity (Wildman–Crippen MR) is 83.9 cm³/mol. The highest BCUT2D eigenvalue weighted by Crippen LogP contribution is 2.31. The van der Waals surface area contributed by atoms with E-state index in [4.69, 9.17) is 0 Å². The van der Waals surface area contributed by atoms with Gasteiger partial charge in [-0.1, -0.05) is 34.1 Å². The second kappa shape index (κ2) is 6.22. The van der Waals surface area contributed by atoms with Crippen LogP contribution >= 0.6 is 15.9 Å². The van der Waals surface area contributed by atoms with E-state index in [0.29, 0.717) is 0 Å². The fourth-order valence-corrected chi connectivity index (χ4v) is 2.56. The molecule has 0 spiro atoms. The molecule has 0 saturated carbocycles. The number of anilines is 2. The van der Waals surface area contributed by atoms with Crippen molar-refractivity contribution < 1.29 is 5.11 Å². The average Bonchev–Trinajstić information content (AvgIpc) is 2.40. The molecule has 0 unspecified atom stereocenters. The van der Waals surface area contributed by atoms with E-state index >= 15 is 0 Å². The summed E-state index contributed by atoms with van der Waals surface area (Å²) < 4.78 is 1.02. The second-order valence-electron chi connectivity index (χ2n) is 4.51. The molecule has 0 heterocycles. The average molecular weight is 320 g/mol. The predicted octanol–water partition coefficient (Wildman–Crippen LogP) is 4.41. The van der Waals surface area contributed by atoms with Crippen LogP contribution in [0.2, 0.25) is 0 Å². The van der Waals surface area contributed by atoms with Crippen molar-refractivity contribution in [3.63, 3.8) is 0 Å². The monoisotopic (exact) mass is 319 g/mol. The molecule has 2 aromatic rings. The number of benzene rings is 2. The first-order valence-corrected chi connectivity index (χ1v) is 7.18. The molecule has 0 bridgehead atoms. The highest BCUT2D eigenvalue weighted by atomic mass is 79.9. The first-order valence-electron chi connectivity index (χ1n) is 6.39. The lowest BCUT2D eigenvalue weighted by molar-refractivity contribution is 0.282. The molecule has 2 rings (SSSR count). The SMILES string of the molecule is CCN(c1cccc(C)c1)c1cc(Br)ccc1CO. The maximum atomic E-state index is 9.51. The van der Waals surface area contributed by atoms with Crippen LogP contribution < -0.4 is 4.90 Å². The largest absolute Gasteiger partial charge is 0.392 e. The Morgan fingerprint density at radius 3 is 2.58 bits per heavy atom. The highest BCUT2D eigenvalue weighted by Gasteiger charge is 2.12. The van der Waals surface area contributed by atoms with Crippen molar-refractivity contribution in [2.75, 3.05) is 11.4 Å². The fraction of sp³-hybridized carbons (Fsp3) is 0.250. The quantitative estimate of drug-likeness (QED) is 0.902. The van der Waals surface area contributed by atoms with Gasteiger partial charge in [0.2, 0.25) is 0 Å². The first-order chi connectivity index (χ1) is 9.15. The normalized spacial score (nSPS) is 10.5. The van der Waals surface area contributed by atoms with Crippen molar-refractivity contribution in [2.24, 2.45) is 0 Å². The summed E-state index contributed by atoms with van der Waals surface area (Å²) in [6, 6.07) is 14.4. The molecule has 2 aromatic carbocycles. The number of nitrogens with zero attached hydrogens (tertiary/aromatic N) is 1. The maximum Gasteiger partial charge on any atom is 0.0702 e. The van der Waals surface area contributed by atoms with Gasteiger partial charge in [0.05, 0.1) is 6.61 Å². The highest BCUT2D eigenvalue weighted by molar-refractivity contribution is 9.10. The smallest absolute Gasteiger partial charge is 0.0702 e. The van der Waals surface area contributed by atoms with Crippen LogP contribution in [0.5, 0.6) is 0 Å². The Kier molecular flexibility index (Phi) is 4.61. The molecule has 3 heteroatoms. The zero-order valence-corrected chi connectivity index (χ0v) is 12.8. The lowest BCUT2D eigenvalue weighted by atomic mass is 10.1. The van der Waals surface area contributed by atoms with Gasteiger partial charge in [-0.05, 0) is 43.7 Å². The molecule has 0 saturated heterocycles. The van der Waals surface area contributed by atoms with Crippen molar-refractivity contribution in [1.29, 1.82) is 0 Å². The van der Waals surface area contributed by atoms with Gasteiger partial charge in [0.15, 0.2) is 0 Å². The van der Waals surface area contributed by atoms with E-state index in [2.05, 4.69) is 65.0 Å². The van der Waals surface area contributed by atoms with Gasteiger partial charge in [-0.3, -0.25) is 0 Å². The van der Waals surface area contributed by atoms with E-state index in [1.165, 1.54) is 5.56 Å². The standard InChI is InChI=1S/C16H18BrNO/c1-3-18(15-6-4-5-12(2)9-15)16-10-14(17)8-7-13(16)11-19/h4-10,19H,3,11H2,1-2H3. The molecule has 0 fully saturated rings. The van der Waals surface area contributed by atoms with Crippen LogP contribution in [0.1, 0.15) is 18.1 Å². The third-order valence-corrected chi connectivity index (χ3v) is 3.63. The van der Waals surface area contributed by atoms with Crippen molar-refractivity contribution >= 4 is 27.3 Å². The summed E-state index contributed by atoms with van der Waals surface area (Å²) in [6.07, 6.45) is 0. The molecule has 1 N–H and O–H groups in total. The molecule has 2 nitrogen and oxygen atoms in total. The zero-order valence-electron chi connectivity index (χ0n) is 11.2. The Balaban J connectivity index is 2.50. The van der Waals surface area contributed by atoms with Gasteiger partial charge in [-0.15, -0.1) is 0 Å². The molecule has 0 aliphatic rings. The molecule has 0 radical (unpaired) electrons. The Morgan fingerprint density at radius 2 is 1.95 bits per heavy atom. The van der Waals surface area contributed by atoms with Gasteiger partial charge >= 0.3 is 0 Å². The molecule has 0 aliphatic heterocycles.